The Labute approximate surface area is 172 Å². The first-order valence-electron chi connectivity index (χ1n) is 11.7. The third-order valence-corrected chi connectivity index (χ3v) is 6.64. The van der Waals surface area contributed by atoms with Gasteiger partial charge in [0.15, 0.2) is 0 Å². The lowest BCUT2D eigenvalue weighted by Gasteiger charge is -2.14. The lowest BCUT2D eigenvalue weighted by molar-refractivity contribution is 0.500. The summed E-state index contributed by atoms with van der Waals surface area (Å²) in [5.41, 5.74) is 4.32. The van der Waals surface area contributed by atoms with E-state index in [4.69, 9.17) is 0 Å². The second-order valence-corrected chi connectivity index (χ2v) is 9.50. The van der Waals surface area contributed by atoms with Crippen molar-refractivity contribution in [2.45, 2.75) is 110 Å². The molecule has 3 atom stereocenters. The fraction of sp³-hybridized carbons (Fsp3) is 0.769. The summed E-state index contributed by atoms with van der Waals surface area (Å²) in [5.74, 6) is 2.58. The van der Waals surface area contributed by atoms with E-state index in [-0.39, 0.29) is 0 Å². The Hall–Kier alpha value is -0.715. The smallest absolute Gasteiger partial charge is 0.0999 e. The fourth-order valence-corrected chi connectivity index (χ4v) is 4.03. The van der Waals surface area contributed by atoms with Crippen LogP contribution in [0, 0.1) is 17.8 Å². The molecule has 0 aromatic rings. The summed E-state index contributed by atoms with van der Waals surface area (Å²) in [4.78, 5) is 0. The Morgan fingerprint density at radius 1 is 0.963 bits per heavy atom. The van der Waals surface area contributed by atoms with E-state index in [0.717, 1.165) is 30.6 Å². The average molecular weight is 369 g/mol. The van der Waals surface area contributed by atoms with Crippen LogP contribution in [0.3, 0.4) is 0 Å². The topological polar surface area (TPSA) is 0 Å². The second kappa shape index (κ2) is 14.3. The van der Waals surface area contributed by atoms with Crippen LogP contribution in [0.15, 0.2) is 36.5 Å². The van der Waals surface area contributed by atoms with E-state index in [0.29, 0.717) is 0 Å². The Bertz CT molecular complexity index is 447. The molecule has 1 aliphatic carbocycles. The molecule has 0 bridgehead atoms. The molecule has 0 aliphatic heterocycles. The summed E-state index contributed by atoms with van der Waals surface area (Å²) < 4.78 is 0. The van der Waals surface area contributed by atoms with Gasteiger partial charge in [-0.3, -0.25) is 0 Å². The molecule has 0 aromatic heterocycles. The van der Waals surface area contributed by atoms with Crippen LogP contribution in [0.25, 0.3) is 0 Å². The molecule has 0 heterocycles. The van der Waals surface area contributed by atoms with Crippen LogP contribution in [0.5, 0.6) is 0 Å². The van der Waals surface area contributed by atoms with Crippen LogP contribution in [-0.4, -0.2) is 7.28 Å². The van der Waals surface area contributed by atoms with Crippen molar-refractivity contribution in [2.24, 2.45) is 17.8 Å². The highest BCUT2D eigenvalue weighted by atomic mass is 14.2. The molecule has 1 saturated carbocycles. The van der Waals surface area contributed by atoms with Gasteiger partial charge in [-0.05, 0) is 75.5 Å². The van der Waals surface area contributed by atoms with E-state index in [1.54, 1.807) is 0 Å². The van der Waals surface area contributed by atoms with E-state index in [9.17, 15) is 0 Å². The van der Waals surface area contributed by atoms with Crippen LogP contribution in [0.4, 0.5) is 0 Å². The summed E-state index contributed by atoms with van der Waals surface area (Å²) >= 11 is 0. The van der Waals surface area contributed by atoms with Crippen molar-refractivity contribution in [3.8, 4) is 0 Å². The lowest BCUT2D eigenvalue weighted by atomic mass is 9.66. The van der Waals surface area contributed by atoms with Crippen LogP contribution < -0.4 is 0 Å². The molecule has 0 N–H and O–H groups in total. The molecule has 1 fully saturated rings. The van der Waals surface area contributed by atoms with Gasteiger partial charge in [0.25, 0.3) is 0 Å². The summed E-state index contributed by atoms with van der Waals surface area (Å²) in [6, 6.07) is 0. The van der Waals surface area contributed by atoms with E-state index in [2.05, 4.69) is 47.8 Å². The highest BCUT2D eigenvalue weighted by molar-refractivity contribution is 6.35. The van der Waals surface area contributed by atoms with E-state index in [1.807, 2.05) is 0 Å². The summed E-state index contributed by atoms with van der Waals surface area (Å²) in [7, 11) is 2.52. The zero-order chi connectivity index (χ0) is 20.1. The number of hydrogen-bond donors (Lipinski definition) is 0. The van der Waals surface area contributed by atoms with Crippen molar-refractivity contribution in [1.82, 2.24) is 0 Å². The first-order valence-corrected chi connectivity index (χ1v) is 11.7. The van der Waals surface area contributed by atoms with Crippen LogP contribution in [-0.2, 0) is 0 Å². The van der Waals surface area contributed by atoms with Crippen LogP contribution in [0.2, 0.25) is 12.6 Å². The zero-order valence-corrected chi connectivity index (χ0v) is 18.8. The molecule has 27 heavy (non-hydrogen) atoms. The van der Waals surface area contributed by atoms with Gasteiger partial charge in [0, 0.05) is 0 Å². The van der Waals surface area contributed by atoms with Gasteiger partial charge in [-0.15, -0.1) is 0 Å². The maximum Gasteiger partial charge on any atom is 0.109 e. The van der Waals surface area contributed by atoms with Gasteiger partial charge in [0.2, 0.25) is 0 Å². The number of rotatable bonds is 16. The van der Waals surface area contributed by atoms with Gasteiger partial charge in [0.1, 0.15) is 7.28 Å². The Morgan fingerprint density at radius 2 is 1.59 bits per heavy atom. The molecule has 0 amide bonds. The first kappa shape index (κ1) is 24.3. The van der Waals surface area contributed by atoms with Crippen LogP contribution in [0.1, 0.15) is 97.8 Å². The van der Waals surface area contributed by atoms with Crippen molar-refractivity contribution in [1.29, 1.82) is 0 Å². The van der Waals surface area contributed by atoms with Gasteiger partial charge in [-0.1, -0.05) is 89.1 Å². The monoisotopic (exact) mass is 369 g/mol. The van der Waals surface area contributed by atoms with Gasteiger partial charge in [-0.2, -0.15) is 0 Å². The van der Waals surface area contributed by atoms with Crippen molar-refractivity contribution < 1.29 is 0 Å². The highest BCUT2D eigenvalue weighted by Crippen LogP contribution is 2.33. The summed E-state index contributed by atoms with van der Waals surface area (Å²) in [6.45, 7) is 19.8. The summed E-state index contributed by atoms with van der Waals surface area (Å²) in [6.07, 6.45) is 17.8. The average Bonchev–Trinajstić information content (AvgIpc) is 3.07. The van der Waals surface area contributed by atoms with Crippen molar-refractivity contribution in [3.63, 3.8) is 0 Å². The normalized spacial score (nSPS) is 19.1. The summed E-state index contributed by atoms with van der Waals surface area (Å²) in [5, 5.41) is 0. The maximum atomic E-state index is 4.32. The molecule has 1 aliphatic rings. The van der Waals surface area contributed by atoms with Gasteiger partial charge in [-0.25, -0.2) is 0 Å². The van der Waals surface area contributed by atoms with E-state index < -0.39 is 0 Å². The molecule has 0 spiro atoms. The molecule has 3 unspecified atom stereocenters. The highest BCUT2D eigenvalue weighted by Gasteiger charge is 2.17. The fourth-order valence-electron chi connectivity index (χ4n) is 4.03. The second-order valence-electron chi connectivity index (χ2n) is 9.50. The standard InChI is InChI=1S/C26H46B/c1-7-21(2)16-18-27-19-17-24(5)11-10-22(3)8-9-23(4)12-14-26-15-13-25(6)20-26/h21,24,26H,3-4,6-20H2,1-2,5H3. The number of allylic oxidation sites excluding steroid dienone is 3. The molecular weight excluding hydrogens is 323 g/mol. The molecule has 153 valence electrons. The number of hydrogen-bond acceptors (Lipinski definition) is 0. The maximum absolute atomic E-state index is 4.32. The minimum absolute atomic E-state index is 0.820. The molecule has 0 nitrogen and oxygen atoms in total. The largest absolute Gasteiger partial charge is 0.109 e. The SMILES string of the molecule is C=C(CCC(=C)CCC1CCC(=C)C1)CCC(C)CC[B]CCC(C)CC. The first-order chi connectivity index (χ1) is 12.9. The predicted octanol–water partition coefficient (Wildman–Crippen LogP) is 8.80. The minimum atomic E-state index is 0.820. The van der Waals surface area contributed by atoms with Crippen molar-refractivity contribution in [3.05, 3.63) is 36.5 Å². The third-order valence-electron chi connectivity index (χ3n) is 6.64. The molecule has 1 heteroatoms. The lowest BCUT2D eigenvalue weighted by Crippen LogP contribution is -2.01. The van der Waals surface area contributed by atoms with E-state index >= 15 is 0 Å². The van der Waals surface area contributed by atoms with E-state index in [1.165, 1.54) is 93.6 Å². The predicted molar refractivity (Wildman–Crippen MR) is 126 cm³/mol. The minimum Gasteiger partial charge on any atom is -0.0999 e. The Kier molecular flexibility index (Phi) is 12.9. The Morgan fingerprint density at radius 3 is 2.19 bits per heavy atom. The van der Waals surface area contributed by atoms with Gasteiger partial charge < -0.3 is 0 Å². The molecule has 0 aromatic carbocycles. The molecule has 1 radical (unpaired) electrons. The van der Waals surface area contributed by atoms with Gasteiger partial charge >= 0.3 is 0 Å². The molecule has 0 saturated heterocycles. The third kappa shape index (κ3) is 12.4. The molecular formula is C26H46B. The van der Waals surface area contributed by atoms with Crippen molar-refractivity contribution >= 4 is 7.28 Å². The quantitative estimate of drug-likeness (QED) is 0.145. The Balaban J connectivity index is 1.99. The van der Waals surface area contributed by atoms with Crippen molar-refractivity contribution in [2.75, 3.05) is 0 Å². The molecule has 1 rings (SSSR count). The zero-order valence-electron chi connectivity index (χ0n) is 18.8. The van der Waals surface area contributed by atoms with Gasteiger partial charge in [0.05, 0.1) is 0 Å². The van der Waals surface area contributed by atoms with Crippen LogP contribution >= 0.6 is 0 Å².